The molecular weight excluding hydrogens is 393 g/mol. The van der Waals surface area contributed by atoms with Gasteiger partial charge in [-0.1, -0.05) is 0 Å². The molecule has 0 fully saturated rings. The van der Waals surface area contributed by atoms with Crippen molar-refractivity contribution in [1.29, 1.82) is 0 Å². The average Bonchev–Trinajstić information content (AvgIpc) is 3.01. The Balaban J connectivity index is 1.76. The van der Waals surface area contributed by atoms with Gasteiger partial charge in [0.15, 0.2) is 10.8 Å². The SMILES string of the molecule is CCOC(=O)c1ccc(NC(=S)NCCCn2nc(C(F)(F)F)cc2C)cc1. The third kappa shape index (κ3) is 6.22. The zero-order valence-corrected chi connectivity index (χ0v) is 16.3. The van der Waals surface area contributed by atoms with Gasteiger partial charge in [-0.15, -0.1) is 0 Å². The van der Waals surface area contributed by atoms with E-state index in [1.165, 1.54) is 4.68 Å². The summed E-state index contributed by atoms with van der Waals surface area (Å²) in [4.78, 5) is 11.6. The summed E-state index contributed by atoms with van der Waals surface area (Å²) < 4.78 is 44.2. The van der Waals surface area contributed by atoms with Crippen molar-refractivity contribution in [3.8, 4) is 0 Å². The number of hydrogen-bond acceptors (Lipinski definition) is 4. The van der Waals surface area contributed by atoms with Crippen LogP contribution in [0.3, 0.4) is 0 Å². The molecule has 152 valence electrons. The highest BCUT2D eigenvalue weighted by Gasteiger charge is 2.34. The molecule has 28 heavy (non-hydrogen) atoms. The van der Waals surface area contributed by atoms with Crippen LogP contribution in [0.1, 0.15) is 35.1 Å². The van der Waals surface area contributed by atoms with Gasteiger partial charge in [0.25, 0.3) is 0 Å². The number of esters is 1. The normalized spacial score (nSPS) is 11.2. The summed E-state index contributed by atoms with van der Waals surface area (Å²) in [5.74, 6) is -0.391. The van der Waals surface area contributed by atoms with E-state index in [0.29, 0.717) is 48.2 Å². The molecule has 0 saturated carbocycles. The van der Waals surface area contributed by atoms with Gasteiger partial charge in [0.2, 0.25) is 0 Å². The Bertz CT molecular complexity index is 819. The summed E-state index contributed by atoms with van der Waals surface area (Å²) in [6.45, 7) is 4.43. The number of aromatic nitrogens is 2. The Morgan fingerprint density at radius 2 is 1.96 bits per heavy atom. The second kappa shape index (κ2) is 9.54. The Labute approximate surface area is 166 Å². The average molecular weight is 414 g/mol. The standard InChI is InChI=1S/C18H21F3N4O2S/c1-3-27-16(26)13-5-7-14(8-6-13)23-17(28)22-9-4-10-25-12(2)11-15(24-25)18(19,20)21/h5-8,11H,3-4,9-10H2,1-2H3,(H2,22,23,28). The number of aryl methyl sites for hydroxylation is 2. The number of ether oxygens (including phenoxy) is 1. The smallest absolute Gasteiger partial charge is 0.435 e. The second-order valence-electron chi connectivity index (χ2n) is 5.92. The molecule has 6 nitrogen and oxygen atoms in total. The van der Waals surface area contributed by atoms with Crippen LogP contribution in [-0.4, -0.2) is 34.0 Å². The molecule has 0 saturated heterocycles. The molecule has 2 aromatic rings. The summed E-state index contributed by atoms with van der Waals surface area (Å²) in [7, 11) is 0. The first kappa shape index (κ1) is 21.7. The molecule has 0 atom stereocenters. The number of anilines is 1. The molecule has 0 aliphatic carbocycles. The summed E-state index contributed by atoms with van der Waals surface area (Å²) in [5, 5.41) is 9.90. The number of halogens is 3. The van der Waals surface area contributed by atoms with Crippen molar-refractivity contribution in [3.63, 3.8) is 0 Å². The van der Waals surface area contributed by atoms with Gasteiger partial charge in [-0.05, 0) is 62.8 Å². The highest BCUT2D eigenvalue weighted by molar-refractivity contribution is 7.80. The van der Waals surface area contributed by atoms with Crippen molar-refractivity contribution in [2.24, 2.45) is 0 Å². The summed E-state index contributed by atoms with van der Waals surface area (Å²) in [6, 6.07) is 7.68. The molecule has 0 amide bonds. The molecule has 0 aliphatic rings. The van der Waals surface area contributed by atoms with Gasteiger partial charge < -0.3 is 15.4 Å². The lowest BCUT2D eigenvalue weighted by Gasteiger charge is -2.11. The maximum atomic E-state index is 12.7. The van der Waals surface area contributed by atoms with Gasteiger partial charge in [-0.25, -0.2) is 4.79 Å². The molecule has 2 N–H and O–H groups in total. The highest BCUT2D eigenvalue weighted by atomic mass is 32.1. The van der Waals surface area contributed by atoms with Gasteiger partial charge in [-0.3, -0.25) is 4.68 Å². The molecule has 2 rings (SSSR count). The fourth-order valence-electron chi connectivity index (χ4n) is 2.39. The molecule has 1 heterocycles. The first-order valence-corrected chi connectivity index (χ1v) is 9.05. The maximum absolute atomic E-state index is 12.7. The van der Waals surface area contributed by atoms with E-state index in [9.17, 15) is 18.0 Å². The lowest BCUT2D eigenvalue weighted by Crippen LogP contribution is -2.29. The summed E-state index contributed by atoms with van der Waals surface area (Å²) in [6.07, 6.45) is -3.90. The molecule has 0 bridgehead atoms. The van der Waals surface area contributed by atoms with Crippen molar-refractivity contribution in [2.45, 2.75) is 33.0 Å². The lowest BCUT2D eigenvalue weighted by molar-refractivity contribution is -0.141. The molecule has 0 unspecified atom stereocenters. The number of benzene rings is 1. The number of carbonyl (C=O) groups is 1. The van der Waals surface area contributed by atoms with Gasteiger partial charge in [0.1, 0.15) is 0 Å². The number of nitrogens with zero attached hydrogens (tertiary/aromatic N) is 2. The van der Waals surface area contributed by atoms with Crippen LogP contribution in [0.2, 0.25) is 0 Å². The number of nitrogens with one attached hydrogen (secondary N) is 2. The topological polar surface area (TPSA) is 68.2 Å². The number of carbonyl (C=O) groups excluding carboxylic acids is 1. The Kier molecular flexibility index (Phi) is 7.38. The third-order valence-electron chi connectivity index (χ3n) is 3.76. The van der Waals surface area contributed by atoms with Crippen LogP contribution in [0.25, 0.3) is 0 Å². The fraction of sp³-hybridized carbons (Fsp3) is 0.389. The zero-order valence-electron chi connectivity index (χ0n) is 15.5. The highest BCUT2D eigenvalue weighted by Crippen LogP contribution is 2.28. The fourth-order valence-corrected chi connectivity index (χ4v) is 2.61. The van der Waals surface area contributed by atoms with Crippen molar-refractivity contribution in [3.05, 3.63) is 47.3 Å². The summed E-state index contributed by atoms with van der Waals surface area (Å²) in [5.41, 5.74) is 0.707. The molecule has 1 aromatic heterocycles. The van der Waals surface area contributed by atoms with E-state index < -0.39 is 17.8 Å². The van der Waals surface area contributed by atoms with Gasteiger partial charge >= 0.3 is 12.1 Å². The number of hydrogen-bond donors (Lipinski definition) is 2. The largest absolute Gasteiger partial charge is 0.462 e. The monoisotopic (exact) mass is 414 g/mol. The van der Waals surface area contributed by atoms with Crippen molar-refractivity contribution < 1.29 is 22.7 Å². The molecule has 1 aromatic carbocycles. The zero-order chi connectivity index (χ0) is 20.7. The number of thiocarbonyl (C=S) groups is 1. The first-order valence-electron chi connectivity index (χ1n) is 8.64. The second-order valence-corrected chi connectivity index (χ2v) is 6.33. The van der Waals surface area contributed by atoms with Crippen LogP contribution in [0.5, 0.6) is 0 Å². The van der Waals surface area contributed by atoms with Gasteiger partial charge in [-0.2, -0.15) is 18.3 Å². The van der Waals surface area contributed by atoms with E-state index in [1.54, 1.807) is 38.1 Å². The van der Waals surface area contributed by atoms with E-state index in [1.807, 2.05) is 0 Å². The number of alkyl halides is 3. The van der Waals surface area contributed by atoms with E-state index in [2.05, 4.69) is 15.7 Å². The Morgan fingerprint density at radius 3 is 2.54 bits per heavy atom. The predicted octanol–water partition coefficient (Wildman–Crippen LogP) is 3.76. The minimum Gasteiger partial charge on any atom is -0.462 e. The quantitative estimate of drug-likeness (QED) is 0.409. The minimum absolute atomic E-state index is 0.308. The number of rotatable bonds is 7. The van der Waals surface area contributed by atoms with E-state index in [4.69, 9.17) is 17.0 Å². The van der Waals surface area contributed by atoms with Crippen LogP contribution < -0.4 is 10.6 Å². The molecule has 0 aliphatic heterocycles. The van der Waals surface area contributed by atoms with Gasteiger partial charge in [0, 0.05) is 24.5 Å². The van der Waals surface area contributed by atoms with E-state index in [0.717, 1.165) is 6.07 Å². The van der Waals surface area contributed by atoms with Gasteiger partial charge in [0.05, 0.1) is 12.2 Å². The van der Waals surface area contributed by atoms with Crippen LogP contribution >= 0.6 is 12.2 Å². The Morgan fingerprint density at radius 1 is 1.29 bits per heavy atom. The van der Waals surface area contributed by atoms with Crippen LogP contribution in [0.15, 0.2) is 30.3 Å². The van der Waals surface area contributed by atoms with E-state index in [-0.39, 0.29) is 0 Å². The first-order chi connectivity index (χ1) is 13.2. The minimum atomic E-state index is -4.44. The molecular formula is C18H21F3N4O2S. The Hall–Kier alpha value is -2.62. The molecule has 10 heteroatoms. The van der Waals surface area contributed by atoms with Crippen LogP contribution in [0, 0.1) is 6.92 Å². The van der Waals surface area contributed by atoms with Crippen LogP contribution in [-0.2, 0) is 17.5 Å². The van der Waals surface area contributed by atoms with Crippen molar-refractivity contribution in [2.75, 3.05) is 18.5 Å². The van der Waals surface area contributed by atoms with E-state index >= 15 is 0 Å². The molecule has 0 radical (unpaired) electrons. The maximum Gasteiger partial charge on any atom is 0.435 e. The van der Waals surface area contributed by atoms with Crippen molar-refractivity contribution >= 4 is 29.0 Å². The van der Waals surface area contributed by atoms with Crippen molar-refractivity contribution in [1.82, 2.24) is 15.1 Å². The predicted molar refractivity (Wildman–Crippen MR) is 103 cm³/mol. The molecule has 0 spiro atoms. The third-order valence-corrected chi connectivity index (χ3v) is 4.00. The van der Waals surface area contributed by atoms with Crippen LogP contribution in [0.4, 0.5) is 18.9 Å². The summed E-state index contributed by atoms with van der Waals surface area (Å²) >= 11 is 5.19. The lowest BCUT2D eigenvalue weighted by atomic mass is 10.2.